The number of benzene rings is 1. The maximum absolute atomic E-state index is 12.8. The molecule has 0 radical (unpaired) electrons. The average molecular weight is 350 g/mol. The number of rotatable bonds is 3. The van der Waals surface area contributed by atoms with E-state index in [1.54, 1.807) is 17.4 Å². The molecule has 0 amide bonds. The number of halogens is 4. The molecule has 0 bridgehead atoms. The molecule has 1 heterocycles. The highest BCUT2D eigenvalue weighted by Crippen LogP contribution is 2.37. The van der Waals surface area contributed by atoms with Crippen LogP contribution in [0.25, 0.3) is 0 Å². The average Bonchev–Trinajstić information content (AvgIpc) is 2.83. The van der Waals surface area contributed by atoms with Crippen LogP contribution >= 0.6 is 27.3 Å². The Morgan fingerprint density at radius 2 is 2.00 bits per heavy atom. The van der Waals surface area contributed by atoms with E-state index in [1.165, 1.54) is 6.07 Å². The van der Waals surface area contributed by atoms with Gasteiger partial charge in [0.15, 0.2) is 0 Å². The Hall–Kier alpha value is -1.01. The van der Waals surface area contributed by atoms with Crippen molar-refractivity contribution in [1.29, 1.82) is 0 Å². The van der Waals surface area contributed by atoms with Crippen molar-refractivity contribution in [2.45, 2.75) is 19.1 Å². The minimum atomic E-state index is -4.36. The molecule has 102 valence electrons. The predicted octanol–water partition coefficient (Wildman–Crippen LogP) is 5.70. The van der Waals surface area contributed by atoms with Gasteiger partial charge in [-0.25, -0.2) is 0 Å². The Kier molecular flexibility index (Phi) is 4.20. The van der Waals surface area contributed by atoms with Crippen LogP contribution in [0.3, 0.4) is 0 Å². The molecule has 1 nitrogen and oxygen atoms in total. The highest BCUT2D eigenvalue weighted by molar-refractivity contribution is 9.10. The highest BCUT2D eigenvalue weighted by atomic mass is 79.9. The normalized spacial score (nSPS) is 13.3. The van der Waals surface area contributed by atoms with E-state index in [1.807, 2.05) is 24.4 Å². The van der Waals surface area contributed by atoms with Crippen molar-refractivity contribution in [3.8, 4) is 0 Å². The molecule has 0 aliphatic carbocycles. The van der Waals surface area contributed by atoms with Crippen LogP contribution in [0.2, 0.25) is 0 Å². The lowest BCUT2D eigenvalue weighted by atomic mass is 10.1. The Morgan fingerprint density at radius 3 is 2.58 bits per heavy atom. The van der Waals surface area contributed by atoms with Gasteiger partial charge in [0.1, 0.15) is 0 Å². The molecular formula is C13H11BrF3NS. The highest BCUT2D eigenvalue weighted by Gasteiger charge is 2.33. The molecule has 1 atom stereocenters. The van der Waals surface area contributed by atoms with Gasteiger partial charge >= 0.3 is 6.18 Å². The van der Waals surface area contributed by atoms with E-state index in [9.17, 15) is 13.2 Å². The summed E-state index contributed by atoms with van der Waals surface area (Å²) in [7, 11) is 0. The molecule has 1 unspecified atom stereocenters. The quantitative estimate of drug-likeness (QED) is 0.748. The third kappa shape index (κ3) is 3.51. The van der Waals surface area contributed by atoms with Gasteiger partial charge in [-0.2, -0.15) is 13.2 Å². The topological polar surface area (TPSA) is 12.0 Å². The van der Waals surface area contributed by atoms with Crippen LogP contribution in [0.5, 0.6) is 0 Å². The first kappa shape index (κ1) is 14.4. The predicted molar refractivity (Wildman–Crippen MR) is 75.5 cm³/mol. The third-order valence-electron chi connectivity index (χ3n) is 2.62. The van der Waals surface area contributed by atoms with Crippen molar-refractivity contribution in [2.24, 2.45) is 0 Å². The zero-order chi connectivity index (χ0) is 14.0. The summed E-state index contributed by atoms with van der Waals surface area (Å²) < 4.78 is 38.4. The molecule has 1 N–H and O–H groups in total. The van der Waals surface area contributed by atoms with Gasteiger partial charge in [0.2, 0.25) is 0 Å². The van der Waals surface area contributed by atoms with Gasteiger partial charge in [0, 0.05) is 15.0 Å². The van der Waals surface area contributed by atoms with Gasteiger partial charge in [-0.3, -0.25) is 0 Å². The molecule has 19 heavy (non-hydrogen) atoms. The number of hydrogen-bond acceptors (Lipinski definition) is 2. The van der Waals surface area contributed by atoms with Crippen molar-refractivity contribution < 1.29 is 13.2 Å². The first-order chi connectivity index (χ1) is 8.88. The van der Waals surface area contributed by atoms with Gasteiger partial charge in [-0.15, -0.1) is 11.3 Å². The Balaban J connectivity index is 2.22. The largest absolute Gasteiger partial charge is 0.417 e. The minimum absolute atomic E-state index is 0.0257. The van der Waals surface area contributed by atoms with E-state index in [4.69, 9.17) is 0 Å². The smallest absolute Gasteiger partial charge is 0.378 e. The molecule has 2 aromatic rings. The summed E-state index contributed by atoms with van der Waals surface area (Å²) in [6.07, 6.45) is -4.36. The summed E-state index contributed by atoms with van der Waals surface area (Å²) in [4.78, 5) is 1.08. The SMILES string of the molecule is CC(Nc1ccc(Br)c(C(F)(F)F)c1)c1cccs1. The standard InChI is InChI=1S/C13H11BrF3NS/c1-8(12-3-2-6-19-12)18-9-4-5-11(14)10(7-9)13(15,16)17/h2-8,18H,1H3. The van der Waals surface area contributed by atoms with E-state index in [-0.39, 0.29) is 10.5 Å². The van der Waals surface area contributed by atoms with Crippen LogP contribution in [0.4, 0.5) is 18.9 Å². The minimum Gasteiger partial charge on any atom is -0.378 e. The Bertz CT molecular complexity index is 552. The second-order valence-electron chi connectivity index (χ2n) is 4.07. The summed E-state index contributed by atoms with van der Waals surface area (Å²) in [5, 5.41) is 5.01. The van der Waals surface area contributed by atoms with E-state index in [0.29, 0.717) is 5.69 Å². The first-order valence-corrected chi connectivity index (χ1v) is 7.22. The summed E-state index contributed by atoms with van der Waals surface area (Å²) in [5.74, 6) is 0. The Labute approximate surface area is 121 Å². The number of thiophene rings is 1. The summed E-state index contributed by atoms with van der Waals surface area (Å²) in [5.41, 5.74) is -0.215. The first-order valence-electron chi connectivity index (χ1n) is 5.54. The van der Waals surface area contributed by atoms with Crippen LogP contribution in [-0.2, 0) is 6.18 Å². The lowest BCUT2D eigenvalue weighted by Gasteiger charge is -2.16. The fourth-order valence-corrected chi connectivity index (χ4v) is 2.90. The van der Waals surface area contributed by atoms with Crippen molar-refractivity contribution in [3.63, 3.8) is 0 Å². The van der Waals surface area contributed by atoms with Gasteiger partial charge in [-0.05, 0) is 36.6 Å². The third-order valence-corrected chi connectivity index (χ3v) is 4.37. The van der Waals surface area contributed by atoms with E-state index >= 15 is 0 Å². The fourth-order valence-electron chi connectivity index (χ4n) is 1.69. The number of alkyl halides is 3. The van der Waals surface area contributed by atoms with Gasteiger partial charge in [0.25, 0.3) is 0 Å². The molecule has 0 saturated heterocycles. The summed E-state index contributed by atoms with van der Waals surface area (Å²) in [6, 6.07) is 8.00. The molecule has 0 fully saturated rings. The van der Waals surface area contributed by atoms with Crippen LogP contribution in [-0.4, -0.2) is 0 Å². The van der Waals surface area contributed by atoms with Crippen molar-refractivity contribution in [2.75, 3.05) is 5.32 Å². The van der Waals surface area contributed by atoms with Crippen LogP contribution in [0, 0.1) is 0 Å². The molecule has 1 aromatic carbocycles. The van der Waals surface area contributed by atoms with E-state index in [2.05, 4.69) is 21.2 Å². The van der Waals surface area contributed by atoms with Gasteiger partial charge < -0.3 is 5.32 Å². The lowest BCUT2D eigenvalue weighted by molar-refractivity contribution is -0.138. The van der Waals surface area contributed by atoms with Crippen LogP contribution < -0.4 is 5.32 Å². The Morgan fingerprint density at radius 1 is 1.26 bits per heavy atom. The molecule has 0 saturated carbocycles. The monoisotopic (exact) mass is 349 g/mol. The number of hydrogen-bond donors (Lipinski definition) is 1. The number of anilines is 1. The molecular weight excluding hydrogens is 339 g/mol. The molecule has 2 rings (SSSR count). The zero-order valence-corrected chi connectivity index (χ0v) is 12.4. The van der Waals surface area contributed by atoms with E-state index in [0.717, 1.165) is 10.9 Å². The second kappa shape index (κ2) is 5.54. The fraction of sp³-hybridized carbons (Fsp3) is 0.231. The van der Waals surface area contributed by atoms with Crippen molar-refractivity contribution in [3.05, 3.63) is 50.6 Å². The van der Waals surface area contributed by atoms with Crippen molar-refractivity contribution >= 4 is 33.0 Å². The molecule has 0 aliphatic heterocycles. The lowest BCUT2D eigenvalue weighted by Crippen LogP contribution is -2.09. The molecule has 6 heteroatoms. The summed E-state index contributed by atoms with van der Waals surface area (Å²) in [6.45, 7) is 1.92. The van der Waals surface area contributed by atoms with Crippen LogP contribution in [0.1, 0.15) is 23.4 Å². The molecule has 0 spiro atoms. The summed E-state index contributed by atoms with van der Waals surface area (Å²) >= 11 is 4.49. The molecule has 1 aromatic heterocycles. The van der Waals surface area contributed by atoms with Gasteiger partial charge in [-0.1, -0.05) is 22.0 Å². The number of nitrogens with one attached hydrogen (secondary N) is 1. The maximum Gasteiger partial charge on any atom is 0.417 e. The van der Waals surface area contributed by atoms with Crippen molar-refractivity contribution in [1.82, 2.24) is 0 Å². The second-order valence-corrected chi connectivity index (χ2v) is 5.91. The van der Waals surface area contributed by atoms with Gasteiger partial charge in [0.05, 0.1) is 11.6 Å². The maximum atomic E-state index is 12.8. The zero-order valence-electron chi connectivity index (χ0n) is 9.96. The van der Waals surface area contributed by atoms with Crippen LogP contribution in [0.15, 0.2) is 40.2 Å². The molecule has 0 aliphatic rings. The van der Waals surface area contributed by atoms with E-state index < -0.39 is 11.7 Å².